The Balaban J connectivity index is 1.93. The van der Waals surface area contributed by atoms with Crippen LogP contribution in [0.2, 0.25) is 0 Å². The van der Waals surface area contributed by atoms with E-state index in [0.29, 0.717) is 6.54 Å². The monoisotopic (exact) mass is 327 g/mol. The van der Waals surface area contributed by atoms with Crippen molar-refractivity contribution in [2.24, 2.45) is 0 Å². The average Bonchev–Trinajstić information content (AvgIpc) is 2.61. The molecule has 0 bridgehead atoms. The summed E-state index contributed by atoms with van der Waals surface area (Å²) >= 11 is 0. The molecule has 24 heavy (non-hydrogen) atoms. The lowest BCUT2D eigenvalue weighted by Gasteiger charge is -2.26. The van der Waals surface area contributed by atoms with Gasteiger partial charge in [-0.05, 0) is 25.2 Å². The number of rotatable bonds is 7. The van der Waals surface area contributed by atoms with Crippen LogP contribution in [0.1, 0.15) is 23.2 Å². The van der Waals surface area contributed by atoms with E-state index in [1.807, 2.05) is 74.8 Å². The van der Waals surface area contributed by atoms with Crippen molar-refractivity contribution in [2.75, 3.05) is 27.2 Å². The Bertz CT molecular complexity index is 617. The summed E-state index contributed by atoms with van der Waals surface area (Å²) in [6, 6.07) is 18.9. The Labute approximate surface area is 143 Å². The zero-order chi connectivity index (χ0) is 17.4. The number of aliphatic hydroxyl groups excluding tert-OH is 1. The molecule has 2 rings (SSSR count). The maximum absolute atomic E-state index is 12.2. The summed E-state index contributed by atoms with van der Waals surface area (Å²) in [6.45, 7) is 0.336. The molecule has 0 radical (unpaired) electrons. The quantitative estimate of drug-likeness (QED) is 0.731. The molecule has 3 N–H and O–H groups in total. The van der Waals surface area contributed by atoms with Gasteiger partial charge in [0.05, 0.1) is 18.7 Å². The van der Waals surface area contributed by atoms with Gasteiger partial charge < -0.3 is 20.6 Å². The molecule has 5 heteroatoms. The van der Waals surface area contributed by atoms with E-state index in [4.69, 9.17) is 0 Å². The van der Waals surface area contributed by atoms with Crippen LogP contribution in [0.3, 0.4) is 0 Å². The number of hydrogen-bond acceptors (Lipinski definition) is 3. The van der Waals surface area contributed by atoms with E-state index in [2.05, 4.69) is 15.5 Å². The summed E-state index contributed by atoms with van der Waals surface area (Å²) in [5.74, 6) is 0. The van der Waals surface area contributed by atoms with E-state index in [9.17, 15) is 9.90 Å². The van der Waals surface area contributed by atoms with Crippen molar-refractivity contribution in [1.82, 2.24) is 15.5 Å². The van der Waals surface area contributed by atoms with Crippen LogP contribution in [0.15, 0.2) is 60.7 Å². The molecule has 2 atom stereocenters. The van der Waals surface area contributed by atoms with Crippen molar-refractivity contribution in [3.8, 4) is 0 Å². The third-order valence-corrected chi connectivity index (χ3v) is 3.95. The van der Waals surface area contributed by atoms with Crippen molar-refractivity contribution in [1.29, 1.82) is 0 Å². The molecule has 0 aromatic heterocycles. The molecule has 0 aliphatic heterocycles. The first kappa shape index (κ1) is 18.0. The Morgan fingerprint density at radius 3 is 2.04 bits per heavy atom. The van der Waals surface area contributed by atoms with Gasteiger partial charge in [0.25, 0.3) is 0 Å². The minimum Gasteiger partial charge on any atom is -0.394 e. The highest BCUT2D eigenvalue weighted by atomic mass is 16.3. The molecule has 0 fully saturated rings. The summed E-state index contributed by atoms with van der Waals surface area (Å²) in [4.78, 5) is 14.3. The molecule has 0 heterocycles. The van der Waals surface area contributed by atoms with E-state index in [-0.39, 0.29) is 18.7 Å². The van der Waals surface area contributed by atoms with Crippen LogP contribution in [-0.2, 0) is 0 Å². The van der Waals surface area contributed by atoms with Gasteiger partial charge in [0.2, 0.25) is 0 Å². The molecule has 2 aromatic rings. The fourth-order valence-corrected chi connectivity index (χ4v) is 2.59. The van der Waals surface area contributed by atoms with Crippen LogP contribution >= 0.6 is 0 Å². The summed E-state index contributed by atoms with van der Waals surface area (Å²) in [5.41, 5.74) is 2.02. The zero-order valence-corrected chi connectivity index (χ0v) is 14.1. The number of benzene rings is 2. The third kappa shape index (κ3) is 5.08. The number of aliphatic hydroxyl groups is 1. The lowest BCUT2D eigenvalue weighted by atomic mass is 10.1. The highest BCUT2D eigenvalue weighted by Crippen LogP contribution is 2.17. The molecule has 128 valence electrons. The van der Waals surface area contributed by atoms with Crippen LogP contribution in [0.4, 0.5) is 4.79 Å². The maximum atomic E-state index is 12.2. The number of nitrogens with one attached hydrogen (secondary N) is 2. The van der Waals surface area contributed by atoms with Gasteiger partial charge in [0, 0.05) is 6.54 Å². The van der Waals surface area contributed by atoms with Crippen LogP contribution in [0.25, 0.3) is 0 Å². The first-order chi connectivity index (χ1) is 11.6. The van der Waals surface area contributed by atoms with E-state index >= 15 is 0 Å². The Morgan fingerprint density at radius 1 is 1.00 bits per heavy atom. The van der Waals surface area contributed by atoms with Gasteiger partial charge in [-0.2, -0.15) is 0 Å². The SMILES string of the molecule is CN(C)C(CNC(=O)NC(CO)c1ccccc1)c1ccccc1. The molecule has 5 nitrogen and oxygen atoms in total. The summed E-state index contributed by atoms with van der Waals surface area (Å²) < 4.78 is 0. The second kappa shape index (κ2) is 9.05. The van der Waals surface area contributed by atoms with E-state index in [1.165, 1.54) is 0 Å². The second-order valence-corrected chi connectivity index (χ2v) is 5.89. The van der Waals surface area contributed by atoms with Crippen LogP contribution in [0.5, 0.6) is 0 Å². The smallest absolute Gasteiger partial charge is 0.315 e. The standard InChI is InChI=1S/C19H25N3O2/c1-22(2)18(16-11-7-4-8-12-16)13-20-19(24)21-17(14-23)15-9-5-3-6-10-15/h3-12,17-18,23H,13-14H2,1-2H3,(H2,20,21,24). The summed E-state index contributed by atoms with van der Waals surface area (Å²) in [5, 5.41) is 15.2. The number of likely N-dealkylation sites (N-methyl/N-ethyl adjacent to an activating group) is 1. The second-order valence-electron chi connectivity index (χ2n) is 5.89. The zero-order valence-electron chi connectivity index (χ0n) is 14.1. The van der Waals surface area contributed by atoms with Gasteiger partial charge in [-0.15, -0.1) is 0 Å². The Morgan fingerprint density at radius 2 is 1.54 bits per heavy atom. The number of nitrogens with zero attached hydrogens (tertiary/aromatic N) is 1. The number of urea groups is 1. The Hall–Kier alpha value is -2.37. The van der Waals surface area contributed by atoms with Crippen molar-refractivity contribution in [3.63, 3.8) is 0 Å². The predicted octanol–water partition coefficient (Wildman–Crippen LogP) is 2.32. The minimum atomic E-state index is -0.416. The van der Waals surface area contributed by atoms with E-state index in [0.717, 1.165) is 11.1 Å². The molecule has 0 aliphatic carbocycles. The fraction of sp³-hybridized carbons (Fsp3) is 0.316. The van der Waals surface area contributed by atoms with Gasteiger partial charge in [0.15, 0.2) is 0 Å². The predicted molar refractivity (Wildman–Crippen MR) is 95.7 cm³/mol. The molecule has 0 aliphatic rings. The van der Waals surface area contributed by atoms with Gasteiger partial charge in [-0.3, -0.25) is 0 Å². The number of carbonyl (C=O) groups is 1. The fourth-order valence-electron chi connectivity index (χ4n) is 2.59. The summed E-state index contributed by atoms with van der Waals surface area (Å²) in [7, 11) is 3.97. The molecule has 2 unspecified atom stereocenters. The normalized spacial score (nSPS) is 13.3. The lowest BCUT2D eigenvalue weighted by Crippen LogP contribution is -2.42. The molecule has 2 aromatic carbocycles. The lowest BCUT2D eigenvalue weighted by molar-refractivity contribution is 0.212. The molecular weight excluding hydrogens is 302 g/mol. The third-order valence-electron chi connectivity index (χ3n) is 3.95. The number of amides is 2. The Kier molecular flexibility index (Phi) is 6.78. The molecule has 0 saturated heterocycles. The van der Waals surface area contributed by atoms with Gasteiger partial charge in [0.1, 0.15) is 0 Å². The van der Waals surface area contributed by atoms with Crippen molar-refractivity contribution >= 4 is 6.03 Å². The highest BCUT2D eigenvalue weighted by Gasteiger charge is 2.17. The topological polar surface area (TPSA) is 64.6 Å². The largest absolute Gasteiger partial charge is 0.394 e. The van der Waals surface area contributed by atoms with E-state index < -0.39 is 6.04 Å². The van der Waals surface area contributed by atoms with Crippen LogP contribution < -0.4 is 10.6 Å². The molecule has 2 amide bonds. The maximum Gasteiger partial charge on any atom is 0.315 e. The number of carbonyl (C=O) groups excluding carboxylic acids is 1. The highest BCUT2D eigenvalue weighted by molar-refractivity contribution is 5.74. The van der Waals surface area contributed by atoms with Gasteiger partial charge >= 0.3 is 6.03 Å². The first-order valence-corrected chi connectivity index (χ1v) is 8.03. The average molecular weight is 327 g/mol. The van der Waals surface area contributed by atoms with Crippen LogP contribution in [0, 0.1) is 0 Å². The minimum absolute atomic E-state index is 0.0845. The summed E-state index contributed by atoms with van der Waals surface area (Å²) in [6.07, 6.45) is 0. The first-order valence-electron chi connectivity index (χ1n) is 8.03. The van der Waals surface area contributed by atoms with Crippen molar-refractivity contribution < 1.29 is 9.90 Å². The molecule has 0 spiro atoms. The van der Waals surface area contributed by atoms with Gasteiger partial charge in [-0.1, -0.05) is 60.7 Å². The van der Waals surface area contributed by atoms with Crippen molar-refractivity contribution in [3.05, 3.63) is 71.8 Å². The van der Waals surface area contributed by atoms with Crippen molar-refractivity contribution in [2.45, 2.75) is 12.1 Å². The van der Waals surface area contributed by atoms with Gasteiger partial charge in [-0.25, -0.2) is 4.79 Å². The van der Waals surface area contributed by atoms with Crippen LogP contribution in [-0.4, -0.2) is 43.3 Å². The van der Waals surface area contributed by atoms with E-state index in [1.54, 1.807) is 0 Å². The molecule has 0 saturated carbocycles. The number of hydrogen-bond donors (Lipinski definition) is 3. The molecular formula is C19H25N3O2.